The highest BCUT2D eigenvalue weighted by Crippen LogP contribution is 2.31. The van der Waals surface area contributed by atoms with Gasteiger partial charge in [0.15, 0.2) is 0 Å². The van der Waals surface area contributed by atoms with Crippen molar-refractivity contribution in [3.05, 3.63) is 23.8 Å². The summed E-state index contributed by atoms with van der Waals surface area (Å²) in [7, 11) is -3.59. The summed E-state index contributed by atoms with van der Waals surface area (Å²) in [5, 5.41) is 2.81. The van der Waals surface area contributed by atoms with E-state index in [-0.39, 0.29) is 28.9 Å². The molecule has 2 aliphatic rings. The van der Waals surface area contributed by atoms with Gasteiger partial charge in [0.05, 0.1) is 17.6 Å². The summed E-state index contributed by atoms with van der Waals surface area (Å²) < 4.78 is 33.4. The lowest BCUT2D eigenvalue weighted by Crippen LogP contribution is -2.32. The molecular weight excluding hydrogens is 328 g/mol. The summed E-state index contributed by atoms with van der Waals surface area (Å²) in [6, 6.07) is 4.86. The molecule has 0 aromatic heterocycles. The van der Waals surface area contributed by atoms with Crippen LogP contribution in [0.4, 0.5) is 5.69 Å². The molecule has 0 aliphatic carbocycles. The summed E-state index contributed by atoms with van der Waals surface area (Å²) in [6.45, 7) is 5.15. The molecule has 2 heterocycles. The summed E-state index contributed by atoms with van der Waals surface area (Å²) in [5.74, 6) is -0.0246. The van der Waals surface area contributed by atoms with Crippen LogP contribution in [-0.4, -0.2) is 33.6 Å². The Balaban J connectivity index is 1.71. The standard InChI is InChI=1S/C17H24N2O4S/c1-17(2)9-13(23-11-17)10-18-24(21,22)14-6-7-15-12(8-14)4-3-5-16(20)19-15/h6-8,13,18H,3-5,9-11H2,1-2H3,(H,19,20). The maximum Gasteiger partial charge on any atom is 0.240 e. The second-order valence-electron chi connectivity index (χ2n) is 7.37. The fraction of sp³-hybridized carbons (Fsp3) is 0.588. The number of rotatable bonds is 4. The van der Waals surface area contributed by atoms with Crippen LogP contribution in [0.15, 0.2) is 23.1 Å². The van der Waals surface area contributed by atoms with E-state index in [1.807, 2.05) is 0 Å². The summed E-state index contributed by atoms with van der Waals surface area (Å²) >= 11 is 0. The van der Waals surface area contributed by atoms with Crippen molar-refractivity contribution in [2.75, 3.05) is 18.5 Å². The zero-order chi connectivity index (χ0) is 17.4. The van der Waals surface area contributed by atoms with Gasteiger partial charge < -0.3 is 10.1 Å². The van der Waals surface area contributed by atoms with Gasteiger partial charge >= 0.3 is 0 Å². The first kappa shape index (κ1) is 17.4. The lowest BCUT2D eigenvalue weighted by Gasteiger charge is -2.15. The Morgan fingerprint density at radius 2 is 2.12 bits per heavy atom. The first-order chi connectivity index (χ1) is 11.3. The molecule has 24 heavy (non-hydrogen) atoms. The largest absolute Gasteiger partial charge is 0.376 e. The zero-order valence-electron chi connectivity index (χ0n) is 14.1. The molecule has 132 valence electrons. The minimum atomic E-state index is -3.59. The quantitative estimate of drug-likeness (QED) is 0.869. The molecule has 1 atom stereocenters. The Kier molecular flexibility index (Phi) is 4.68. The molecule has 1 aromatic rings. The van der Waals surface area contributed by atoms with Crippen LogP contribution in [0.5, 0.6) is 0 Å². The maximum atomic E-state index is 12.5. The molecule has 0 spiro atoms. The van der Waals surface area contributed by atoms with Crippen molar-refractivity contribution in [2.24, 2.45) is 5.41 Å². The molecule has 0 bridgehead atoms. The third kappa shape index (κ3) is 3.96. The highest BCUT2D eigenvalue weighted by Gasteiger charge is 2.32. The molecule has 2 aliphatic heterocycles. The van der Waals surface area contributed by atoms with Gasteiger partial charge in [-0.1, -0.05) is 13.8 Å². The van der Waals surface area contributed by atoms with Crippen molar-refractivity contribution in [2.45, 2.75) is 50.5 Å². The van der Waals surface area contributed by atoms with E-state index in [4.69, 9.17) is 4.74 Å². The molecule has 1 amide bonds. The van der Waals surface area contributed by atoms with Crippen molar-refractivity contribution in [1.82, 2.24) is 4.72 Å². The molecule has 0 radical (unpaired) electrons. The topological polar surface area (TPSA) is 84.5 Å². The number of fused-ring (bicyclic) bond motifs is 1. The van der Waals surface area contributed by atoms with Crippen molar-refractivity contribution in [3.63, 3.8) is 0 Å². The normalized spacial score (nSPS) is 23.4. The van der Waals surface area contributed by atoms with Gasteiger partial charge in [0, 0.05) is 18.7 Å². The van der Waals surface area contributed by atoms with E-state index in [0.717, 1.165) is 18.4 Å². The van der Waals surface area contributed by atoms with E-state index in [2.05, 4.69) is 23.9 Å². The van der Waals surface area contributed by atoms with Crippen LogP contribution in [0, 0.1) is 5.41 Å². The predicted molar refractivity (Wildman–Crippen MR) is 91.3 cm³/mol. The second kappa shape index (κ2) is 6.46. The van der Waals surface area contributed by atoms with Crippen LogP contribution in [0.1, 0.15) is 38.7 Å². The van der Waals surface area contributed by atoms with Gasteiger partial charge in [0.2, 0.25) is 15.9 Å². The molecule has 1 saturated heterocycles. The zero-order valence-corrected chi connectivity index (χ0v) is 14.9. The Labute approximate surface area is 143 Å². The number of ether oxygens (including phenoxy) is 1. The number of carbonyl (C=O) groups is 1. The van der Waals surface area contributed by atoms with Gasteiger partial charge in [-0.25, -0.2) is 13.1 Å². The minimum Gasteiger partial charge on any atom is -0.376 e. The number of hydrogen-bond acceptors (Lipinski definition) is 4. The summed E-state index contributed by atoms with van der Waals surface area (Å²) in [6.07, 6.45) is 2.63. The lowest BCUT2D eigenvalue weighted by molar-refractivity contribution is -0.116. The first-order valence-electron chi connectivity index (χ1n) is 8.29. The van der Waals surface area contributed by atoms with Crippen molar-refractivity contribution in [1.29, 1.82) is 0 Å². The van der Waals surface area contributed by atoms with Gasteiger partial charge in [-0.05, 0) is 48.4 Å². The Hall–Kier alpha value is -1.44. The van der Waals surface area contributed by atoms with Crippen molar-refractivity contribution < 1.29 is 17.9 Å². The smallest absolute Gasteiger partial charge is 0.240 e. The fourth-order valence-electron chi connectivity index (χ4n) is 3.21. The molecule has 2 N–H and O–H groups in total. The molecule has 6 nitrogen and oxygen atoms in total. The Bertz CT molecular complexity index is 743. The van der Waals surface area contributed by atoms with Crippen LogP contribution in [0.3, 0.4) is 0 Å². The predicted octanol–water partition coefficient (Wildman–Crippen LogP) is 2.05. The maximum absolute atomic E-state index is 12.5. The van der Waals surface area contributed by atoms with Gasteiger partial charge in [0.25, 0.3) is 0 Å². The Morgan fingerprint density at radius 1 is 1.33 bits per heavy atom. The molecule has 1 unspecified atom stereocenters. The monoisotopic (exact) mass is 352 g/mol. The van der Waals surface area contributed by atoms with Gasteiger partial charge in [-0.2, -0.15) is 0 Å². The molecular formula is C17H24N2O4S. The number of amides is 1. The van der Waals surface area contributed by atoms with E-state index < -0.39 is 10.0 Å². The number of aryl methyl sites for hydroxylation is 1. The summed E-state index contributed by atoms with van der Waals surface area (Å²) in [5.41, 5.74) is 1.66. The third-order valence-corrected chi connectivity index (χ3v) is 5.92. The van der Waals surface area contributed by atoms with Gasteiger partial charge in [-0.15, -0.1) is 0 Å². The number of hydrogen-bond donors (Lipinski definition) is 2. The lowest BCUT2D eigenvalue weighted by atomic mass is 9.91. The minimum absolute atomic E-state index is 0.0246. The second-order valence-corrected chi connectivity index (χ2v) is 9.14. The van der Waals surface area contributed by atoms with Gasteiger partial charge in [-0.3, -0.25) is 4.79 Å². The number of sulfonamides is 1. The van der Waals surface area contributed by atoms with Crippen molar-refractivity contribution >= 4 is 21.6 Å². The SMILES string of the molecule is CC1(C)COC(CNS(=O)(=O)c2ccc3c(c2)CCCC(=O)N3)C1. The number of nitrogens with one attached hydrogen (secondary N) is 2. The number of anilines is 1. The van der Waals surface area contributed by atoms with E-state index in [1.54, 1.807) is 12.1 Å². The van der Waals surface area contributed by atoms with Gasteiger partial charge in [0.1, 0.15) is 0 Å². The van der Waals surface area contributed by atoms with Crippen molar-refractivity contribution in [3.8, 4) is 0 Å². The molecule has 1 fully saturated rings. The number of benzene rings is 1. The summed E-state index contributed by atoms with van der Waals surface area (Å²) in [4.78, 5) is 11.8. The van der Waals surface area contributed by atoms with Crippen LogP contribution < -0.4 is 10.0 Å². The van der Waals surface area contributed by atoms with E-state index in [9.17, 15) is 13.2 Å². The fourth-order valence-corrected chi connectivity index (χ4v) is 4.33. The van der Waals surface area contributed by atoms with E-state index in [0.29, 0.717) is 25.1 Å². The van der Waals surface area contributed by atoms with Crippen LogP contribution in [-0.2, 0) is 26.0 Å². The number of carbonyl (C=O) groups excluding carboxylic acids is 1. The highest BCUT2D eigenvalue weighted by molar-refractivity contribution is 7.89. The van der Waals surface area contributed by atoms with Crippen LogP contribution in [0.25, 0.3) is 0 Å². The van der Waals surface area contributed by atoms with Crippen LogP contribution in [0.2, 0.25) is 0 Å². The average Bonchev–Trinajstić information content (AvgIpc) is 2.74. The Morgan fingerprint density at radius 3 is 2.83 bits per heavy atom. The molecule has 0 saturated carbocycles. The first-order valence-corrected chi connectivity index (χ1v) is 9.78. The molecule has 1 aromatic carbocycles. The van der Waals surface area contributed by atoms with E-state index in [1.165, 1.54) is 6.07 Å². The highest BCUT2D eigenvalue weighted by atomic mass is 32.2. The average molecular weight is 352 g/mol. The van der Waals surface area contributed by atoms with Crippen LogP contribution >= 0.6 is 0 Å². The van der Waals surface area contributed by atoms with E-state index >= 15 is 0 Å². The third-order valence-electron chi connectivity index (χ3n) is 4.50. The molecule has 3 rings (SSSR count). The molecule has 7 heteroatoms.